The second-order valence-electron chi connectivity index (χ2n) is 6.84. The Balaban J connectivity index is 1.77. The molecule has 0 aliphatic heterocycles. The van der Waals surface area contributed by atoms with Crippen molar-refractivity contribution in [1.82, 2.24) is 5.32 Å². The van der Waals surface area contributed by atoms with Crippen LogP contribution < -0.4 is 10.0 Å². The van der Waals surface area contributed by atoms with E-state index in [1.165, 1.54) is 36.4 Å². The van der Waals surface area contributed by atoms with E-state index in [1.807, 2.05) is 6.92 Å². The van der Waals surface area contributed by atoms with E-state index in [0.717, 1.165) is 17.7 Å². The summed E-state index contributed by atoms with van der Waals surface area (Å²) in [4.78, 5) is 12.7. The highest BCUT2D eigenvalue weighted by atomic mass is 32.2. The van der Waals surface area contributed by atoms with E-state index in [0.29, 0.717) is 0 Å². The van der Waals surface area contributed by atoms with Crippen LogP contribution in [0.25, 0.3) is 0 Å². The number of carbonyl (C=O) groups is 1. The van der Waals surface area contributed by atoms with Crippen molar-refractivity contribution in [2.75, 3.05) is 4.72 Å². The van der Waals surface area contributed by atoms with Crippen molar-refractivity contribution < 1.29 is 26.4 Å². The molecule has 0 radical (unpaired) electrons. The summed E-state index contributed by atoms with van der Waals surface area (Å²) in [5.74, 6) is -0.625. The van der Waals surface area contributed by atoms with E-state index < -0.39 is 27.7 Å². The molecule has 162 valence electrons. The Morgan fingerprint density at radius 1 is 0.935 bits per heavy atom. The van der Waals surface area contributed by atoms with Crippen molar-refractivity contribution in [2.24, 2.45) is 0 Å². The molecule has 3 aromatic rings. The fourth-order valence-corrected chi connectivity index (χ4v) is 3.91. The lowest BCUT2D eigenvalue weighted by atomic mass is 10.1. The van der Waals surface area contributed by atoms with Crippen LogP contribution in [0.3, 0.4) is 0 Å². The SMILES string of the molecule is Cc1ccc(S(=O)(=O)Nc2ccccc2C(=O)NCc2cccc(C(F)(F)F)c2)cc1. The summed E-state index contributed by atoms with van der Waals surface area (Å²) >= 11 is 0. The number of hydrogen-bond donors (Lipinski definition) is 2. The zero-order valence-electron chi connectivity index (χ0n) is 16.4. The first kappa shape index (κ1) is 22.4. The summed E-state index contributed by atoms with van der Waals surface area (Å²) in [6.45, 7) is 1.68. The van der Waals surface area contributed by atoms with Gasteiger partial charge in [0.1, 0.15) is 0 Å². The van der Waals surface area contributed by atoms with E-state index in [4.69, 9.17) is 0 Å². The molecule has 0 aliphatic carbocycles. The van der Waals surface area contributed by atoms with Gasteiger partial charge in [0.25, 0.3) is 15.9 Å². The topological polar surface area (TPSA) is 75.3 Å². The molecule has 0 spiro atoms. The predicted octanol–water partition coefficient (Wildman–Crippen LogP) is 4.74. The molecule has 5 nitrogen and oxygen atoms in total. The molecule has 0 saturated heterocycles. The molecule has 0 unspecified atom stereocenters. The molecule has 0 atom stereocenters. The van der Waals surface area contributed by atoms with Crippen molar-refractivity contribution in [1.29, 1.82) is 0 Å². The quantitative estimate of drug-likeness (QED) is 0.572. The number of carbonyl (C=O) groups excluding carboxylic acids is 1. The third-order valence-corrected chi connectivity index (χ3v) is 5.84. The highest BCUT2D eigenvalue weighted by Crippen LogP contribution is 2.29. The molecule has 0 heterocycles. The fourth-order valence-electron chi connectivity index (χ4n) is 2.83. The maximum absolute atomic E-state index is 12.9. The van der Waals surface area contributed by atoms with Gasteiger partial charge in [0.05, 0.1) is 21.7 Å². The van der Waals surface area contributed by atoms with Gasteiger partial charge in [-0.2, -0.15) is 13.2 Å². The number of amides is 1. The Morgan fingerprint density at radius 2 is 1.61 bits per heavy atom. The number of aryl methyl sites for hydroxylation is 1. The standard InChI is InChI=1S/C22H19F3N2O3S/c1-15-9-11-18(12-10-15)31(29,30)27-20-8-3-2-7-19(20)21(28)26-14-16-5-4-6-17(13-16)22(23,24)25/h2-13,27H,14H2,1H3,(H,26,28). The normalized spacial score (nSPS) is 11.7. The van der Waals surface area contributed by atoms with E-state index in [2.05, 4.69) is 10.0 Å². The van der Waals surface area contributed by atoms with Crippen LogP contribution in [-0.2, 0) is 22.7 Å². The highest BCUT2D eigenvalue weighted by molar-refractivity contribution is 7.92. The van der Waals surface area contributed by atoms with Gasteiger partial charge in [0.15, 0.2) is 0 Å². The zero-order valence-corrected chi connectivity index (χ0v) is 17.2. The van der Waals surface area contributed by atoms with Crippen LogP contribution in [0.5, 0.6) is 0 Å². The van der Waals surface area contributed by atoms with Gasteiger partial charge >= 0.3 is 6.18 Å². The van der Waals surface area contributed by atoms with Crippen molar-refractivity contribution in [2.45, 2.75) is 24.5 Å². The third-order valence-electron chi connectivity index (χ3n) is 4.45. The lowest BCUT2D eigenvalue weighted by molar-refractivity contribution is -0.137. The minimum Gasteiger partial charge on any atom is -0.348 e. The first-order chi connectivity index (χ1) is 14.6. The average molecular weight is 448 g/mol. The molecular weight excluding hydrogens is 429 g/mol. The molecule has 3 aromatic carbocycles. The molecule has 0 aromatic heterocycles. The van der Waals surface area contributed by atoms with E-state index in [9.17, 15) is 26.4 Å². The van der Waals surface area contributed by atoms with Crippen LogP contribution in [-0.4, -0.2) is 14.3 Å². The van der Waals surface area contributed by atoms with Gasteiger partial charge in [-0.15, -0.1) is 0 Å². The summed E-state index contributed by atoms with van der Waals surface area (Å²) in [6, 6.07) is 16.8. The van der Waals surface area contributed by atoms with E-state index in [-0.39, 0.29) is 28.3 Å². The monoisotopic (exact) mass is 448 g/mol. The van der Waals surface area contributed by atoms with Crippen LogP contribution in [0.2, 0.25) is 0 Å². The maximum Gasteiger partial charge on any atom is 0.416 e. The zero-order chi connectivity index (χ0) is 22.6. The first-order valence-electron chi connectivity index (χ1n) is 9.19. The second kappa shape index (κ2) is 8.81. The Kier molecular flexibility index (Phi) is 6.35. The number of alkyl halides is 3. The summed E-state index contributed by atoms with van der Waals surface area (Å²) in [5, 5.41) is 2.53. The lowest BCUT2D eigenvalue weighted by Crippen LogP contribution is -2.25. The molecule has 0 fully saturated rings. The lowest BCUT2D eigenvalue weighted by Gasteiger charge is -2.13. The Hall–Kier alpha value is -3.33. The van der Waals surface area contributed by atoms with Crippen molar-refractivity contribution in [3.05, 3.63) is 95.1 Å². The van der Waals surface area contributed by atoms with Gasteiger partial charge in [-0.3, -0.25) is 9.52 Å². The largest absolute Gasteiger partial charge is 0.416 e. The van der Waals surface area contributed by atoms with Crippen LogP contribution in [0.4, 0.5) is 18.9 Å². The number of sulfonamides is 1. The minimum atomic E-state index is -4.49. The van der Waals surface area contributed by atoms with Crippen LogP contribution in [0, 0.1) is 6.92 Å². The van der Waals surface area contributed by atoms with Crippen LogP contribution in [0.15, 0.2) is 77.7 Å². The fraction of sp³-hybridized carbons (Fsp3) is 0.136. The number of nitrogens with one attached hydrogen (secondary N) is 2. The number of rotatable bonds is 6. The average Bonchev–Trinajstić information content (AvgIpc) is 2.72. The van der Waals surface area contributed by atoms with Gasteiger partial charge in [0, 0.05) is 6.54 Å². The molecule has 0 saturated carbocycles. The third kappa shape index (κ3) is 5.64. The molecule has 0 bridgehead atoms. The number of halogens is 3. The van der Waals surface area contributed by atoms with Gasteiger partial charge < -0.3 is 5.32 Å². The Bertz CT molecular complexity index is 1190. The smallest absolute Gasteiger partial charge is 0.348 e. The van der Waals surface area contributed by atoms with Gasteiger partial charge in [-0.25, -0.2) is 8.42 Å². The predicted molar refractivity (Wildman–Crippen MR) is 111 cm³/mol. The molecule has 3 rings (SSSR count). The molecule has 1 amide bonds. The highest BCUT2D eigenvalue weighted by Gasteiger charge is 2.30. The van der Waals surface area contributed by atoms with Crippen LogP contribution >= 0.6 is 0 Å². The van der Waals surface area contributed by atoms with E-state index >= 15 is 0 Å². The number of anilines is 1. The second-order valence-corrected chi connectivity index (χ2v) is 8.53. The molecule has 31 heavy (non-hydrogen) atoms. The number of benzene rings is 3. The van der Waals surface area contributed by atoms with E-state index in [1.54, 1.807) is 24.3 Å². The van der Waals surface area contributed by atoms with Gasteiger partial charge in [-0.1, -0.05) is 42.0 Å². The molecule has 2 N–H and O–H groups in total. The minimum absolute atomic E-state index is 0.0391. The maximum atomic E-state index is 12.9. The van der Waals surface area contributed by atoms with Crippen molar-refractivity contribution in [3.63, 3.8) is 0 Å². The van der Waals surface area contributed by atoms with Crippen molar-refractivity contribution in [3.8, 4) is 0 Å². The Morgan fingerprint density at radius 3 is 2.29 bits per heavy atom. The summed E-state index contributed by atoms with van der Waals surface area (Å²) in [6.07, 6.45) is -4.49. The van der Waals surface area contributed by atoms with Gasteiger partial charge in [-0.05, 0) is 48.9 Å². The number of para-hydroxylation sites is 1. The van der Waals surface area contributed by atoms with Crippen LogP contribution in [0.1, 0.15) is 27.0 Å². The molecule has 0 aliphatic rings. The molecular formula is C22H19F3N2O3S. The summed E-state index contributed by atoms with van der Waals surface area (Å²) in [5.41, 5.74) is 0.453. The Labute approximate surface area is 178 Å². The molecule has 9 heteroatoms. The van der Waals surface area contributed by atoms with Crippen molar-refractivity contribution >= 4 is 21.6 Å². The number of hydrogen-bond acceptors (Lipinski definition) is 3. The summed E-state index contributed by atoms with van der Waals surface area (Å²) in [7, 11) is -3.93. The summed E-state index contributed by atoms with van der Waals surface area (Å²) < 4.78 is 66.2. The first-order valence-corrected chi connectivity index (χ1v) is 10.7. The van der Waals surface area contributed by atoms with Gasteiger partial charge in [0.2, 0.25) is 0 Å².